The summed E-state index contributed by atoms with van der Waals surface area (Å²) in [6.45, 7) is 3.60. The topological polar surface area (TPSA) is 99.3 Å². The second kappa shape index (κ2) is 9.99. The van der Waals surface area contributed by atoms with Crippen LogP contribution in [0.5, 0.6) is 0 Å². The fourth-order valence-corrected chi connectivity index (χ4v) is 5.46. The molecule has 0 aliphatic carbocycles. The number of halogens is 1. The molecule has 0 atom stereocenters. The van der Waals surface area contributed by atoms with Crippen molar-refractivity contribution >= 4 is 22.2 Å². The molecular formula is C30H27FN8. The average molecular weight is 519 g/mol. The predicted octanol–water partition coefficient (Wildman–Crippen LogP) is 5.79. The molecular weight excluding hydrogens is 491 g/mol. The number of hydrogen-bond donors (Lipinski definition) is 2. The second-order valence-electron chi connectivity index (χ2n) is 10.1. The van der Waals surface area contributed by atoms with Crippen LogP contribution in [0, 0.1) is 5.82 Å². The summed E-state index contributed by atoms with van der Waals surface area (Å²) in [5, 5.41) is 8.34. The van der Waals surface area contributed by atoms with E-state index in [9.17, 15) is 4.39 Å². The first kappa shape index (κ1) is 23.6. The molecule has 5 aromatic heterocycles. The van der Waals surface area contributed by atoms with Crippen molar-refractivity contribution in [2.75, 3.05) is 19.6 Å². The minimum absolute atomic E-state index is 0.291. The lowest BCUT2D eigenvalue weighted by Gasteiger charge is -2.14. The number of fused-ring (bicyclic) bond motifs is 2. The van der Waals surface area contributed by atoms with Crippen LogP contribution < -0.4 is 0 Å². The van der Waals surface area contributed by atoms with E-state index in [4.69, 9.17) is 4.98 Å². The van der Waals surface area contributed by atoms with Gasteiger partial charge in [-0.05, 0) is 86.8 Å². The molecule has 8 nitrogen and oxygen atoms in total. The van der Waals surface area contributed by atoms with E-state index in [1.165, 1.54) is 43.6 Å². The van der Waals surface area contributed by atoms with Crippen molar-refractivity contribution in [3.05, 3.63) is 78.6 Å². The highest BCUT2D eigenvalue weighted by Crippen LogP contribution is 2.32. The van der Waals surface area contributed by atoms with Gasteiger partial charge in [-0.3, -0.25) is 10.1 Å². The number of aromatic amines is 2. The van der Waals surface area contributed by atoms with Crippen LogP contribution in [0.4, 0.5) is 4.39 Å². The van der Waals surface area contributed by atoms with E-state index < -0.39 is 0 Å². The zero-order valence-electron chi connectivity index (χ0n) is 21.4. The molecule has 6 aromatic rings. The van der Waals surface area contributed by atoms with Gasteiger partial charge >= 0.3 is 0 Å². The van der Waals surface area contributed by atoms with Gasteiger partial charge in [-0.15, -0.1) is 0 Å². The number of nitrogens with zero attached hydrogens (tertiary/aromatic N) is 6. The van der Waals surface area contributed by atoms with Crippen molar-refractivity contribution in [1.82, 2.24) is 40.0 Å². The summed E-state index contributed by atoms with van der Waals surface area (Å²) < 4.78 is 13.9. The molecule has 1 aromatic carbocycles. The molecule has 7 rings (SSSR count). The van der Waals surface area contributed by atoms with Crippen LogP contribution in [0.1, 0.15) is 24.8 Å². The van der Waals surface area contributed by atoms with Crippen LogP contribution in [0.25, 0.3) is 56.0 Å². The van der Waals surface area contributed by atoms with Crippen LogP contribution in [-0.2, 0) is 6.42 Å². The van der Waals surface area contributed by atoms with E-state index in [1.807, 2.05) is 30.7 Å². The van der Waals surface area contributed by atoms with E-state index in [0.717, 1.165) is 58.2 Å². The first-order valence-electron chi connectivity index (χ1n) is 13.3. The first-order valence-corrected chi connectivity index (χ1v) is 13.3. The van der Waals surface area contributed by atoms with Crippen molar-refractivity contribution in [2.45, 2.75) is 25.7 Å². The average Bonchev–Trinajstić information content (AvgIpc) is 3.72. The minimum atomic E-state index is -0.291. The third-order valence-electron chi connectivity index (χ3n) is 7.44. The lowest BCUT2D eigenvalue weighted by Crippen LogP contribution is -2.20. The van der Waals surface area contributed by atoms with E-state index in [-0.39, 0.29) is 5.82 Å². The first-order chi connectivity index (χ1) is 19.2. The van der Waals surface area contributed by atoms with Gasteiger partial charge in [0.2, 0.25) is 0 Å². The Hall–Kier alpha value is -4.50. The van der Waals surface area contributed by atoms with Crippen molar-refractivity contribution in [1.29, 1.82) is 0 Å². The Morgan fingerprint density at radius 1 is 0.897 bits per heavy atom. The van der Waals surface area contributed by atoms with Crippen LogP contribution >= 0.6 is 0 Å². The lowest BCUT2D eigenvalue weighted by atomic mass is 10.0. The molecule has 1 fully saturated rings. The highest BCUT2D eigenvalue weighted by atomic mass is 19.1. The van der Waals surface area contributed by atoms with Crippen LogP contribution in [0.3, 0.4) is 0 Å². The fourth-order valence-electron chi connectivity index (χ4n) is 5.46. The van der Waals surface area contributed by atoms with Crippen molar-refractivity contribution in [3.63, 3.8) is 0 Å². The Morgan fingerprint density at radius 3 is 2.69 bits per heavy atom. The Balaban J connectivity index is 1.20. The third kappa shape index (κ3) is 4.66. The van der Waals surface area contributed by atoms with E-state index in [1.54, 1.807) is 12.3 Å². The highest BCUT2D eigenvalue weighted by molar-refractivity contribution is 5.96. The number of hydrogen-bond acceptors (Lipinski definition) is 6. The predicted molar refractivity (Wildman–Crippen MR) is 149 cm³/mol. The summed E-state index contributed by atoms with van der Waals surface area (Å²) in [6.07, 6.45) is 12.1. The number of imidazole rings is 1. The van der Waals surface area contributed by atoms with Gasteiger partial charge in [-0.25, -0.2) is 19.3 Å². The zero-order valence-corrected chi connectivity index (χ0v) is 21.4. The number of nitrogens with one attached hydrogen (secondary N) is 2. The van der Waals surface area contributed by atoms with Gasteiger partial charge in [-0.2, -0.15) is 5.10 Å². The standard InChI is InChI=1S/C30H27FN8/c31-23-7-3-6-20(14-23)24-8-9-33-29-26(24)35-30(36-29)27-25-15-22(18-34-28(25)38-37-27)21-13-19(16-32-17-21)5-4-12-39-10-1-2-11-39/h3,6-9,13-18H,1-2,4-5,10-12H2,(H,33,35,36)(H,34,37,38). The Morgan fingerprint density at radius 2 is 1.79 bits per heavy atom. The van der Waals surface area contributed by atoms with E-state index >= 15 is 0 Å². The van der Waals surface area contributed by atoms with Gasteiger partial charge in [0.1, 0.15) is 11.5 Å². The smallest absolute Gasteiger partial charge is 0.181 e. The number of aryl methyl sites for hydroxylation is 1. The van der Waals surface area contributed by atoms with Crippen molar-refractivity contribution in [2.24, 2.45) is 0 Å². The Bertz CT molecular complexity index is 1780. The van der Waals surface area contributed by atoms with Gasteiger partial charge in [0.15, 0.2) is 17.1 Å². The number of benzene rings is 1. The van der Waals surface area contributed by atoms with Gasteiger partial charge in [0.25, 0.3) is 0 Å². The molecule has 0 unspecified atom stereocenters. The maximum atomic E-state index is 13.9. The molecule has 39 heavy (non-hydrogen) atoms. The van der Waals surface area contributed by atoms with Gasteiger partial charge in [-0.1, -0.05) is 12.1 Å². The molecule has 6 heterocycles. The molecule has 0 saturated carbocycles. The van der Waals surface area contributed by atoms with Gasteiger partial charge < -0.3 is 9.88 Å². The third-order valence-corrected chi connectivity index (χ3v) is 7.44. The molecule has 0 bridgehead atoms. The summed E-state index contributed by atoms with van der Waals surface area (Å²) in [5.41, 5.74) is 7.40. The number of aromatic nitrogens is 7. The largest absolute Gasteiger partial charge is 0.335 e. The van der Waals surface area contributed by atoms with E-state index in [0.29, 0.717) is 17.1 Å². The number of rotatable bonds is 7. The van der Waals surface area contributed by atoms with Gasteiger partial charge in [0.05, 0.1) is 10.9 Å². The van der Waals surface area contributed by atoms with Crippen LogP contribution in [0.2, 0.25) is 0 Å². The Labute approximate surface area is 224 Å². The lowest BCUT2D eigenvalue weighted by molar-refractivity contribution is 0.334. The number of likely N-dealkylation sites (tertiary alicyclic amines) is 1. The molecule has 0 spiro atoms. The number of H-pyrrole nitrogens is 2. The summed E-state index contributed by atoms with van der Waals surface area (Å²) in [4.78, 5) is 24.2. The van der Waals surface area contributed by atoms with Crippen LogP contribution in [-0.4, -0.2) is 59.7 Å². The molecule has 1 saturated heterocycles. The maximum Gasteiger partial charge on any atom is 0.181 e. The molecule has 1 aliphatic heterocycles. The zero-order chi connectivity index (χ0) is 26.2. The maximum absolute atomic E-state index is 13.9. The second-order valence-corrected chi connectivity index (χ2v) is 10.1. The molecule has 0 radical (unpaired) electrons. The highest BCUT2D eigenvalue weighted by Gasteiger charge is 2.17. The monoisotopic (exact) mass is 518 g/mol. The quantitative estimate of drug-likeness (QED) is 0.277. The summed E-state index contributed by atoms with van der Waals surface area (Å²) >= 11 is 0. The Kier molecular flexibility index (Phi) is 6.05. The summed E-state index contributed by atoms with van der Waals surface area (Å²) in [5.74, 6) is 0.303. The minimum Gasteiger partial charge on any atom is -0.335 e. The van der Waals surface area contributed by atoms with Crippen molar-refractivity contribution < 1.29 is 4.39 Å². The molecule has 2 N–H and O–H groups in total. The van der Waals surface area contributed by atoms with E-state index in [2.05, 4.69) is 47.2 Å². The van der Waals surface area contributed by atoms with Crippen molar-refractivity contribution in [3.8, 4) is 33.8 Å². The molecule has 194 valence electrons. The summed E-state index contributed by atoms with van der Waals surface area (Å²) in [7, 11) is 0. The van der Waals surface area contributed by atoms with Crippen LogP contribution in [0.15, 0.2) is 67.3 Å². The van der Waals surface area contributed by atoms with Gasteiger partial charge in [0, 0.05) is 41.5 Å². The molecule has 9 heteroatoms. The molecule has 1 aliphatic rings. The SMILES string of the molecule is Fc1cccc(-c2ccnc3nc(-c4[nH]nc5ncc(-c6cncc(CCCN7CCCC7)c6)cc45)[nH]c23)c1. The fraction of sp³-hybridized carbons (Fsp3) is 0.233. The molecule has 0 amide bonds. The number of pyridine rings is 3. The summed E-state index contributed by atoms with van der Waals surface area (Å²) in [6, 6.07) is 12.6. The normalized spacial score (nSPS) is 14.1.